The summed E-state index contributed by atoms with van der Waals surface area (Å²) >= 11 is 0. The molecule has 0 saturated carbocycles. The van der Waals surface area contributed by atoms with E-state index in [1.54, 1.807) is 12.1 Å². The number of hydrogen-bond acceptors (Lipinski definition) is 2. The molecule has 0 unspecified atom stereocenters. The van der Waals surface area contributed by atoms with Crippen LogP contribution in [-0.4, -0.2) is 8.42 Å². The van der Waals surface area contributed by atoms with E-state index in [1.807, 2.05) is 6.07 Å². The van der Waals surface area contributed by atoms with Crippen molar-refractivity contribution in [3.8, 4) is 0 Å². The Morgan fingerprint density at radius 1 is 1.17 bits per heavy atom. The molecule has 64 valence electrons. The lowest BCUT2D eigenvalue weighted by Gasteiger charge is -2.18. The van der Waals surface area contributed by atoms with Crippen LogP contribution in [0, 0.1) is 0 Å². The largest absolute Gasteiger partial charge is 0.261 e. The van der Waals surface area contributed by atoms with Gasteiger partial charge in [-0.15, -0.1) is 0 Å². The van der Waals surface area contributed by atoms with Gasteiger partial charge in [0.25, 0.3) is 9.05 Å². The van der Waals surface area contributed by atoms with Gasteiger partial charge >= 0.3 is 0 Å². The predicted molar refractivity (Wildman–Crippen MR) is 46.9 cm³/mol. The van der Waals surface area contributed by atoms with Crippen LogP contribution in [-0.2, 0) is 21.9 Å². The highest BCUT2D eigenvalue weighted by Gasteiger charge is 2.17. The normalized spacial score (nSPS) is 15.1. The molecule has 0 aromatic heterocycles. The molecule has 12 heavy (non-hydrogen) atoms. The van der Waals surface area contributed by atoms with Crippen molar-refractivity contribution in [3.05, 3.63) is 29.3 Å². The van der Waals surface area contributed by atoms with Crippen molar-refractivity contribution in [3.63, 3.8) is 0 Å². The van der Waals surface area contributed by atoms with Crippen LogP contribution in [0.1, 0.15) is 11.1 Å². The molecule has 2 rings (SSSR count). The molecule has 2 nitrogen and oxygen atoms in total. The monoisotopic (exact) mass is 202 g/mol. The molecule has 1 aromatic carbocycles. The fraction of sp³-hybridized carbons (Fsp3) is 0.250. The van der Waals surface area contributed by atoms with Crippen molar-refractivity contribution in [2.45, 2.75) is 17.7 Å². The second-order valence-electron chi connectivity index (χ2n) is 2.87. The highest BCUT2D eigenvalue weighted by molar-refractivity contribution is 8.13. The van der Waals surface area contributed by atoms with Gasteiger partial charge in [-0.1, -0.05) is 6.07 Å². The molecular formula is C8H7ClO2S. The van der Waals surface area contributed by atoms with E-state index in [-0.39, 0.29) is 4.90 Å². The van der Waals surface area contributed by atoms with Crippen LogP contribution in [0.2, 0.25) is 0 Å². The first-order valence-corrected chi connectivity index (χ1v) is 5.95. The van der Waals surface area contributed by atoms with Crippen molar-refractivity contribution in [1.29, 1.82) is 0 Å². The van der Waals surface area contributed by atoms with Crippen LogP contribution >= 0.6 is 10.7 Å². The zero-order chi connectivity index (χ0) is 8.77. The van der Waals surface area contributed by atoms with Crippen molar-refractivity contribution < 1.29 is 8.42 Å². The standard InChI is InChI=1S/C8H7ClO2S/c9-12(10,11)8-4-3-6-1-2-7(6)5-8/h3-5H,1-2H2. The van der Waals surface area contributed by atoms with Crippen LogP contribution in [0.15, 0.2) is 23.1 Å². The van der Waals surface area contributed by atoms with Gasteiger partial charge in [-0.2, -0.15) is 0 Å². The highest BCUT2D eigenvalue weighted by Crippen LogP contribution is 2.26. The van der Waals surface area contributed by atoms with E-state index in [4.69, 9.17) is 10.7 Å². The maximum absolute atomic E-state index is 10.9. The lowest BCUT2D eigenvalue weighted by molar-refractivity contribution is 0.609. The summed E-state index contributed by atoms with van der Waals surface area (Å²) in [4.78, 5) is 0.211. The molecule has 0 fully saturated rings. The van der Waals surface area contributed by atoms with Gasteiger partial charge in [-0.05, 0) is 36.1 Å². The summed E-state index contributed by atoms with van der Waals surface area (Å²) in [5, 5.41) is 0. The number of hydrogen-bond donors (Lipinski definition) is 0. The van der Waals surface area contributed by atoms with Crippen molar-refractivity contribution in [1.82, 2.24) is 0 Å². The zero-order valence-electron chi connectivity index (χ0n) is 6.25. The maximum Gasteiger partial charge on any atom is 0.261 e. The van der Waals surface area contributed by atoms with Gasteiger partial charge in [0.2, 0.25) is 0 Å². The van der Waals surface area contributed by atoms with Gasteiger partial charge < -0.3 is 0 Å². The number of fused-ring (bicyclic) bond motifs is 1. The van der Waals surface area contributed by atoms with Crippen LogP contribution in [0.3, 0.4) is 0 Å². The Hall–Kier alpha value is -0.540. The molecule has 1 aliphatic carbocycles. The molecule has 0 spiro atoms. The van der Waals surface area contributed by atoms with Gasteiger partial charge in [0, 0.05) is 10.7 Å². The third-order valence-corrected chi connectivity index (χ3v) is 3.47. The molecule has 1 aliphatic rings. The molecule has 4 heteroatoms. The SMILES string of the molecule is O=S(=O)(Cl)c1ccc2c(c1)CC2. The van der Waals surface area contributed by atoms with E-state index in [2.05, 4.69) is 0 Å². The molecule has 0 heterocycles. The molecule has 0 bridgehead atoms. The molecule has 0 saturated heterocycles. The van der Waals surface area contributed by atoms with E-state index in [0.717, 1.165) is 18.4 Å². The van der Waals surface area contributed by atoms with Crippen molar-refractivity contribution in [2.75, 3.05) is 0 Å². The van der Waals surface area contributed by atoms with Crippen LogP contribution in [0.25, 0.3) is 0 Å². The molecule has 1 aromatic rings. The first-order chi connectivity index (χ1) is 5.57. The summed E-state index contributed by atoms with van der Waals surface area (Å²) in [6, 6.07) is 5.04. The summed E-state index contributed by atoms with van der Waals surface area (Å²) in [6.45, 7) is 0. The topological polar surface area (TPSA) is 34.1 Å². The third-order valence-electron chi connectivity index (χ3n) is 2.12. The van der Waals surface area contributed by atoms with Crippen LogP contribution < -0.4 is 0 Å². The number of halogens is 1. The molecule has 0 N–H and O–H groups in total. The van der Waals surface area contributed by atoms with Crippen molar-refractivity contribution >= 4 is 19.7 Å². The Bertz CT molecular complexity index is 423. The van der Waals surface area contributed by atoms with Gasteiger partial charge in [-0.3, -0.25) is 0 Å². The van der Waals surface area contributed by atoms with Gasteiger partial charge in [0.1, 0.15) is 0 Å². The molecule has 0 radical (unpaired) electrons. The van der Waals surface area contributed by atoms with Crippen molar-refractivity contribution in [2.24, 2.45) is 0 Å². The first-order valence-electron chi connectivity index (χ1n) is 3.64. The van der Waals surface area contributed by atoms with E-state index in [9.17, 15) is 8.42 Å². The third kappa shape index (κ3) is 1.23. The quantitative estimate of drug-likeness (QED) is 0.650. The summed E-state index contributed by atoms with van der Waals surface area (Å²) in [5.41, 5.74) is 2.34. The maximum atomic E-state index is 10.9. The summed E-state index contributed by atoms with van der Waals surface area (Å²) in [6.07, 6.45) is 2.02. The van der Waals surface area contributed by atoms with E-state index in [0.29, 0.717) is 0 Å². The van der Waals surface area contributed by atoms with Gasteiger partial charge in [-0.25, -0.2) is 8.42 Å². The Balaban J connectivity index is 2.56. The Kier molecular flexibility index (Phi) is 1.66. The van der Waals surface area contributed by atoms with Crippen LogP contribution in [0.4, 0.5) is 0 Å². The van der Waals surface area contributed by atoms with E-state index in [1.165, 1.54) is 5.56 Å². The first kappa shape index (κ1) is 8.08. The summed E-state index contributed by atoms with van der Waals surface area (Å²) in [5.74, 6) is 0. The average Bonchev–Trinajstić information content (AvgIpc) is 1.89. The average molecular weight is 203 g/mol. The zero-order valence-corrected chi connectivity index (χ0v) is 7.82. The minimum atomic E-state index is -3.54. The smallest absolute Gasteiger partial charge is 0.207 e. The van der Waals surface area contributed by atoms with Crippen LogP contribution in [0.5, 0.6) is 0 Å². The summed E-state index contributed by atoms with van der Waals surface area (Å²) in [7, 11) is 1.64. The van der Waals surface area contributed by atoms with E-state index < -0.39 is 9.05 Å². The lowest BCUT2D eigenvalue weighted by atomic mass is 9.89. The second kappa shape index (κ2) is 2.47. The Labute approximate surface area is 75.6 Å². The molecule has 0 aliphatic heterocycles. The minimum Gasteiger partial charge on any atom is -0.207 e. The van der Waals surface area contributed by atoms with Gasteiger partial charge in [0.05, 0.1) is 4.90 Å². The highest BCUT2D eigenvalue weighted by atomic mass is 35.7. The number of rotatable bonds is 1. The second-order valence-corrected chi connectivity index (χ2v) is 5.43. The molecule has 0 atom stereocenters. The Morgan fingerprint density at radius 3 is 2.25 bits per heavy atom. The molecular weight excluding hydrogens is 196 g/mol. The lowest BCUT2D eigenvalue weighted by Crippen LogP contribution is -2.08. The Morgan fingerprint density at radius 2 is 1.83 bits per heavy atom. The fourth-order valence-corrected chi connectivity index (χ4v) is 2.12. The number of benzene rings is 1. The number of aryl methyl sites for hydroxylation is 2. The summed E-state index contributed by atoms with van der Waals surface area (Å²) < 4.78 is 21.8. The predicted octanol–water partition coefficient (Wildman–Crippen LogP) is 1.71. The van der Waals surface area contributed by atoms with Gasteiger partial charge in [0.15, 0.2) is 0 Å². The molecule has 0 amide bonds. The fourth-order valence-electron chi connectivity index (χ4n) is 1.32. The van der Waals surface area contributed by atoms with E-state index >= 15 is 0 Å². The minimum absolute atomic E-state index is 0.211.